The minimum atomic E-state index is -0.795. The smallest absolute Gasteiger partial charge is 0.329 e. The van der Waals surface area contributed by atoms with E-state index in [-0.39, 0.29) is 11.8 Å². The molecule has 188 valence electrons. The van der Waals surface area contributed by atoms with Crippen LogP contribution in [-0.2, 0) is 19.1 Å². The van der Waals surface area contributed by atoms with Crippen molar-refractivity contribution in [2.45, 2.75) is 102 Å². The molecule has 32 heavy (non-hydrogen) atoms. The van der Waals surface area contributed by atoms with Gasteiger partial charge in [-0.25, -0.2) is 4.79 Å². The first-order chi connectivity index (χ1) is 15.0. The molecule has 0 saturated heterocycles. The van der Waals surface area contributed by atoms with Gasteiger partial charge in [-0.1, -0.05) is 12.8 Å². The van der Waals surface area contributed by atoms with Crippen molar-refractivity contribution in [1.82, 2.24) is 10.6 Å². The van der Waals surface area contributed by atoms with Crippen molar-refractivity contribution in [2.24, 2.45) is 22.9 Å². The molecule has 0 spiro atoms. The van der Waals surface area contributed by atoms with Gasteiger partial charge in [0.15, 0.2) is 0 Å². The topological polar surface area (TPSA) is 189 Å². The molecule has 0 aliphatic carbocycles. The van der Waals surface area contributed by atoms with E-state index in [1.54, 1.807) is 20.8 Å². The van der Waals surface area contributed by atoms with Gasteiger partial charge in [-0.05, 0) is 78.8 Å². The van der Waals surface area contributed by atoms with Gasteiger partial charge in [0.1, 0.15) is 11.6 Å². The van der Waals surface area contributed by atoms with Gasteiger partial charge in [0.2, 0.25) is 11.8 Å². The fraction of sp³-hybridized carbons (Fsp3) is 0.864. The van der Waals surface area contributed by atoms with Crippen molar-refractivity contribution in [3.8, 4) is 0 Å². The Labute approximate surface area is 192 Å². The third kappa shape index (κ3) is 15.1. The molecule has 0 saturated carbocycles. The van der Waals surface area contributed by atoms with E-state index in [1.807, 2.05) is 0 Å². The van der Waals surface area contributed by atoms with E-state index in [0.29, 0.717) is 51.7 Å². The number of esters is 1. The highest BCUT2D eigenvalue weighted by atomic mass is 16.6. The van der Waals surface area contributed by atoms with Crippen LogP contribution in [-0.4, -0.2) is 61.1 Å². The molecule has 3 atom stereocenters. The first-order valence-corrected chi connectivity index (χ1v) is 11.7. The van der Waals surface area contributed by atoms with Gasteiger partial charge in [0.05, 0.1) is 12.1 Å². The Morgan fingerprint density at radius 1 is 0.781 bits per heavy atom. The zero-order valence-corrected chi connectivity index (χ0v) is 20.2. The Kier molecular flexibility index (Phi) is 15.9. The van der Waals surface area contributed by atoms with E-state index in [9.17, 15) is 14.4 Å². The van der Waals surface area contributed by atoms with Gasteiger partial charge in [0, 0.05) is 6.54 Å². The lowest BCUT2D eigenvalue weighted by Crippen LogP contribution is -2.50. The normalized spacial score (nSPS) is 14.3. The van der Waals surface area contributed by atoms with E-state index < -0.39 is 29.7 Å². The maximum Gasteiger partial charge on any atom is 0.329 e. The summed E-state index contributed by atoms with van der Waals surface area (Å²) in [4.78, 5) is 37.0. The molecule has 0 aliphatic rings. The van der Waals surface area contributed by atoms with Crippen molar-refractivity contribution >= 4 is 17.8 Å². The molecule has 0 unspecified atom stereocenters. The number of unbranched alkanes of at least 4 members (excludes halogenated alkanes) is 3. The van der Waals surface area contributed by atoms with Gasteiger partial charge in [0.25, 0.3) is 0 Å². The van der Waals surface area contributed by atoms with Crippen LogP contribution in [0.1, 0.15) is 78.6 Å². The number of rotatable bonds is 17. The second kappa shape index (κ2) is 16.8. The molecule has 10 N–H and O–H groups in total. The van der Waals surface area contributed by atoms with Crippen molar-refractivity contribution in [2.75, 3.05) is 19.6 Å². The van der Waals surface area contributed by atoms with Gasteiger partial charge in [-0.3, -0.25) is 9.59 Å². The molecule has 0 aromatic heterocycles. The number of nitrogens with two attached hydrogens (primary N) is 4. The molecule has 0 aromatic rings. The van der Waals surface area contributed by atoms with Gasteiger partial charge < -0.3 is 38.3 Å². The van der Waals surface area contributed by atoms with E-state index in [4.69, 9.17) is 27.7 Å². The summed E-state index contributed by atoms with van der Waals surface area (Å²) in [5.74, 6) is -1.07. The van der Waals surface area contributed by atoms with Crippen LogP contribution < -0.4 is 33.6 Å². The van der Waals surface area contributed by atoms with Crippen molar-refractivity contribution in [3.63, 3.8) is 0 Å². The molecule has 2 amide bonds. The Hall–Kier alpha value is -1.75. The summed E-state index contributed by atoms with van der Waals surface area (Å²) in [6.45, 7) is 6.89. The SMILES string of the molecule is CC(C)(C)OC(=O)[C@H](CCCCNC(=O)[C@@H](N)CCCCN)NC(=O)[C@@H](N)CCCCN. The molecular weight excluding hydrogens is 412 g/mol. The third-order valence-corrected chi connectivity index (χ3v) is 4.84. The molecule has 10 heteroatoms. The Balaban J connectivity index is 4.57. The molecule has 10 nitrogen and oxygen atoms in total. The number of nitrogens with one attached hydrogen (secondary N) is 2. The fourth-order valence-corrected chi connectivity index (χ4v) is 3.00. The van der Waals surface area contributed by atoms with Crippen LogP contribution in [0.15, 0.2) is 0 Å². The lowest BCUT2D eigenvalue weighted by Gasteiger charge is -2.25. The van der Waals surface area contributed by atoms with Gasteiger partial charge in [-0.15, -0.1) is 0 Å². The quantitative estimate of drug-likeness (QED) is 0.130. The van der Waals surface area contributed by atoms with Crippen LogP contribution in [0.2, 0.25) is 0 Å². The Morgan fingerprint density at radius 3 is 1.78 bits per heavy atom. The third-order valence-electron chi connectivity index (χ3n) is 4.84. The molecule has 0 heterocycles. The highest BCUT2D eigenvalue weighted by molar-refractivity contribution is 5.87. The first-order valence-electron chi connectivity index (χ1n) is 11.7. The van der Waals surface area contributed by atoms with E-state index >= 15 is 0 Å². The molecule has 0 bridgehead atoms. The van der Waals surface area contributed by atoms with E-state index in [0.717, 1.165) is 25.7 Å². The Morgan fingerprint density at radius 2 is 1.28 bits per heavy atom. The monoisotopic (exact) mass is 458 g/mol. The van der Waals surface area contributed by atoms with E-state index in [1.165, 1.54) is 0 Å². The number of hydrogen-bond donors (Lipinski definition) is 6. The highest BCUT2D eigenvalue weighted by Gasteiger charge is 2.28. The average Bonchev–Trinajstić information content (AvgIpc) is 2.71. The zero-order chi connectivity index (χ0) is 24.6. The fourth-order valence-electron chi connectivity index (χ4n) is 3.00. The summed E-state index contributed by atoms with van der Waals surface area (Å²) in [7, 11) is 0. The average molecular weight is 459 g/mol. The van der Waals surface area contributed by atoms with Crippen LogP contribution in [0.25, 0.3) is 0 Å². The van der Waals surface area contributed by atoms with Crippen LogP contribution >= 0.6 is 0 Å². The number of ether oxygens (including phenoxy) is 1. The summed E-state index contributed by atoms with van der Waals surface area (Å²) in [5, 5.41) is 5.53. The summed E-state index contributed by atoms with van der Waals surface area (Å²) < 4.78 is 5.45. The summed E-state index contributed by atoms with van der Waals surface area (Å²) in [5.41, 5.74) is 22.1. The number of hydrogen-bond acceptors (Lipinski definition) is 8. The standard InChI is InChI=1S/C22H46N6O4/c1-22(2,3)32-21(31)18(28-20(30)17(26)11-5-8-14-24)12-6-9-15-27-19(29)16(25)10-4-7-13-23/h16-18H,4-15,23-26H2,1-3H3,(H,27,29)(H,28,30)/t16-,17-,18-/m0/s1. The van der Waals surface area contributed by atoms with Crippen molar-refractivity contribution < 1.29 is 19.1 Å². The molecule has 0 fully saturated rings. The second-order valence-corrected chi connectivity index (χ2v) is 9.16. The maximum absolute atomic E-state index is 12.6. The minimum absolute atomic E-state index is 0.192. The zero-order valence-electron chi connectivity index (χ0n) is 20.2. The molecule has 0 aromatic carbocycles. The molecule has 0 aliphatic heterocycles. The summed E-state index contributed by atoms with van der Waals surface area (Å²) in [6, 6.07) is -2.04. The van der Waals surface area contributed by atoms with Crippen molar-refractivity contribution in [3.05, 3.63) is 0 Å². The minimum Gasteiger partial charge on any atom is -0.458 e. The maximum atomic E-state index is 12.6. The molecular formula is C22H46N6O4. The molecule has 0 radical (unpaired) electrons. The highest BCUT2D eigenvalue weighted by Crippen LogP contribution is 2.12. The lowest BCUT2D eigenvalue weighted by atomic mass is 10.1. The van der Waals surface area contributed by atoms with Crippen LogP contribution in [0.3, 0.4) is 0 Å². The predicted octanol–water partition coefficient (Wildman–Crippen LogP) is 0.0120. The number of carbonyl (C=O) groups is 3. The summed E-state index contributed by atoms with van der Waals surface area (Å²) >= 11 is 0. The predicted molar refractivity (Wildman–Crippen MR) is 126 cm³/mol. The van der Waals surface area contributed by atoms with Gasteiger partial charge in [-0.2, -0.15) is 0 Å². The van der Waals surface area contributed by atoms with Crippen molar-refractivity contribution in [1.29, 1.82) is 0 Å². The van der Waals surface area contributed by atoms with Crippen LogP contribution in [0, 0.1) is 0 Å². The largest absolute Gasteiger partial charge is 0.458 e. The Bertz CT molecular complexity index is 553. The number of carbonyl (C=O) groups excluding carboxylic acids is 3. The van der Waals surface area contributed by atoms with Gasteiger partial charge >= 0.3 is 5.97 Å². The first kappa shape index (κ1) is 30.2. The second-order valence-electron chi connectivity index (χ2n) is 9.16. The van der Waals surface area contributed by atoms with Crippen LogP contribution in [0.5, 0.6) is 0 Å². The number of amides is 2. The molecule has 0 rings (SSSR count). The lowest BCUT2D eigenvalue weighted by molar-refractivity contribution is -0.159. The summed E-state index contributed by atoms with van der Waals surface area (Å²) in [6.07, 6.45) is 5.92. The van der Waals surface area contributed by atoms with E-state index in [2.05, 4.69) is 10.6 Å². The van der Waals surface area contributed by atoms with Crippen LogP contribution in [0.4, 0.5) is 0 Å².